The van der Waals surface area contributed by atoms with Gasteiger partial charge in [0.15, 0.2) is 6.10 Å². The molecule has 0 radical (unpaired) electrons. The summed E-state index contributed by atoms with van der Waals surface area (Å²) in [7, 11) is 0. The number of para-hydroxylation sites is 1. The van der Waals surface area contributed by atoms with E-state index >= 15 is 0 Å². The Morgan fingerprint density at radius 2 is 2.00 bits per heavy atom. The second kappa shape index (κ2) is 7.38. The van der Waals surface area contributed by atoms with Crippen molar-refractivity contribution in [3.63, 3.8) is 0 Å². The van der Waals surface area contributed by atoms with E-state index in [4.69, 9.17) is 9.52 Å². The van der Waals surface area contributed by atoms with Gasteiger partial charge in [-0.3, -0.25) is 14.4 Å². The highest BCUT2D eigenvalue weighted by molar-refractivity contribution is 5.98. The third-order valence-electron chi connectivity index (χ3n) is 2.99. The fourth-order valence-electron chi connectivity index (χ4n) is 1.72. The molecular weight excluding hydrogens is 320 g/mol. The van der Waals surface area contributed by atoms with Gasteiger partial charge in [0.25, 0.3) is 11.8 Å². The largest absolute Gasteiger partial charge is 0.479 e. The van der Waals surface area contributed by atoms with Crippen LogP contribution in [0.25, 0.3) is 11.0 Å². The molecule has 0 bridgehead atoms. The molecule has 0 aliphatic heterocycles. The first-order chi connectivity index (χ1) is 11.4. The van der Waals surface area contributed by atoms with Crippen LogP contribution in [0, 0.1) is 0 Å². The van der Waals surface area contributed by atoms with Crippen LogP contribution in [0.15, 0.2) is 39.5 Å². The Bertz CT molecular complexity index is 843. The van der Waals surface area contributed by atoms with E-state index in [0.717, 1.165) is 0 Å². The maximum absolute atomic E-state index is 12.0. The molecule has 24 heavy (non-hydrogen) atoms. The number of benzene rings is 1. The van der Waals surface area contributed by atoms with Gasteiger partial charge in [0.1, 0.15) is 11.1 Å². The van der Waals surface area contributed by atoms with Crippen LogP contribution in [0.4, 0.5) is 0 Å². The summed E-state index contributed by atoms with van der Waals surface area (Å²) in [4.78, 5) is 50.3. The van der Waals surface area contributed by atoms with Gasteiger partial charge in [0.2, 0.25) is 0 Å². The van der Waals surface area contributed by atoms with E-state index in [2.05, 4.69) is 10.2 Å². The van der Waals surface area contributed by atoms with Gasteiger partial charge in [-0.05, 0) is 19.1 Å². The third kappa shape index (κ3) is 4.17. The molecule has 0 saturated heterocycles. The van der Waals surface area contributed by atoms with Crippen molar-refractivity contribution in [3.8, 4) is 0 Å². The summed E-state index contributed by atoms with van der Waals surface area (Å²) in [5, 5.41) is 11.4. The lowest BCUT2D eigenvalue weighted by Crippen LogP contribution is -2.40. The number of carbonyl (C=O) groups excluding carboxylic acids is 2. The van der Waals surface area contributed by atoms with Gasteiger partial charge in [-0.25, -0.2) is 15.1 Å². The molecule has 0 spiro atoms. The van der Waals surface area contributed by atoms with E-state index in [9.17, 15) is 19.2 Å². The van der Waals surface area contributed by atoms with Crippen molar-refractivity contribution in [2.45, 2.75) is 13.0 Å². The predicted molar refractivity (Wildman–Crippen MR) is 81.1 cm³/mol. The zero-order valence-corrected chi connectivity index (χ0v) is 12.6. The van der Waals surface area contributed by atoms with Gasteiger partial charge >= 0.3 is 11.6 Å². The van der Waals surface area contributed by atoms with Crippen molar-refractivity contribution in [2.24, 2.45) is 0 Å². The molecule has 0 saturated carbocycles. The van der Waals surface area contributed by atoms with Gasteiger partial charge in [0.05, 0.1) is 6.54 Å². The second-order valence-corrected chi connectivity index (χ2v) is 4.79. The fourth-order valence-corrected chi connectivity index (χ4v) is 1.72. The Labute approximate surface area is 135 Å². The molecule has 0 aliphatic rings. The summed E-state index contributed by atoms with van der Waals surface area (Å²) in [5.74, 6) is -2.83. The average Bonchev–Trinajstić information content (AvgIpc) is 2.56. The van der Waals surface area contributed by atoms with Gasteiger partial charge in [-0.1, -0.05) is 18.2 Å². The van der Waals surface area contributed by atoms with Crippen LogP contribution in [0.2, 0.25) is 0 Å². The molecule has 1 unspecified atom stereocenters. The first kappa shape index (κ1) is 17.2. The number of fused-ring (bicyclic) bond motifs is 1. The van der Waals surface area contributed by atoms with Crippen molar-refractivity contribution >= 4 is 28.8 Å². The Kier molecular flexibility index (Phi) is 5.27. The molecule has 2 aromatic rings. The van der Waals surface area contributed by atoms with Crippen molar-refractivity contribution < 1.29 is 28.7 Å². The van der Waals surface area contributed by atoms with Crippen LogP contribution in [0.5, 0.6) is 0 Å². The summed E-state index contributed by atoms with van der Waals surface area (Å²) < 4.78 is 5.02. The minimum atomic E-state index is -1.26. The number of hydroxylamine groups is 1. The van der Waals surface area contributed by atoms with Crippen LogP contribution in [-0.4, -0.2) is 35.5 Å². The number of aliphatic carboxylic acids is 1. The zero-order chi connectivity index (χ0) is 17.7. The van der Waals surface area contributed by atoms with E-state index in [-0.39, 0.29) is 5.56 Å². The summed E-state index contributed by atoms with van der Waals surface area (Å²) in [6.07, 6.45) is -1.24. The minimum Gasteiger partial charge on any atom is -0.479 e. The Balaban J connectivity index is 1.98. The summed E-state index contributed by atoms with van der Waals surface area (Å²) in [6.45, 7) is 0.721. The van der Waals surface area contributed by atoms with Crippen LogP contribution in [0.3, 0.4) is 0 Å². The quantitative estimate of drug-likeness (QED) is 0.501. The zero-order valence-electron chi connectivity index (χ0n) is 12.6. The predicted octanol–water partition coefficient (Wildman–Crippen LogP) is 0.0437. The van der Waals surface area contributed by atoms with Crippen LogP contribution in [0.1, 0.15) is 17.3 Å². The van der Waals surface area contributed by atoms with Gasteiger partial charge < -0.3 is 14.8 Å². The number of nitrogens with one attached hydrogen (secondary N) is 2. The van der Waals surface area contributed by atoms with E-state index in [1.165, 1.54) is 13.0 Å². The van der Waals surface area contributed by atoms with E-state index in [1.54, 1.807) is 24.3 Å². The van der Waals surface area contributed by atoms with E-state index in [0.29, 0.717) is 11.0 Å². The fraction of sp³-hybridized carbons (Fsp3) is 0.200. The highest BCUT2D eigenvalue weighted by atomic mass is 16.7. The van der Waals surface area contributed by atoms with Gasteiger partial charge in [0, 0.05) is 5.39 Å². The topological polar surface area (TPSA) is 135 Å². The molecular formula is C15H14N2O7. The monoisotopic (exact) mass is 334 g/mol. The first-order valence-corrected chi connectivity index (χ1v) is 6.87. The van der Waals surface area contributed by atoms with Crippen molar-refractivity contribution in [3.05, 3.63) is 46.3 Å². The Morgan fingerprint density at radius 1 is 1.29 bits per heavy atom. The lowest BCUT2D eigenvalue weighted by Gasteiger charge is -2.09. The molecule has 3 N–H and O–H groups in total. The summed E-state index contributed by atoms with van der Waals surface area (Å²) in [6, 6.07) is 8.03. The van der Waals surface area contributed by atoms with Gasteiger partial charge in [-0.2, -0.15) is 0 Å². The van der Waals surface area contributed by atoms with Crippen molar-refractivity contribution in [1.29, 1.82) is 0 Å². The molecule has 1 heterocycles. The summed E-state index contributed by atoms with van der Waals surface area (Å²) >= 11 is 0. The lowest BCUT2D eigenvalue weighted by atomic mass is 10.2. The van der Waals surface area contributed by atoms with Crippen LogP contribution >= 0.6 is 0 Å². The van der Waals surface area contributed by atoms with E-state index in [1.807, 2.05) is 5.48 Å². The lowest BCUT2D eigenvalue weighted by molar-refractivity contribution is -0.158. The SMILES string of the molecule is CC(ONC(=O)CNC(=O)c1cc2ccccc2oc1=O)C(=O)O. The third-order valence-corrected chi connectivity index (χ3v) is 2.99. The minimum absolute atomic E-state index is 0.249. The maximum Gasteiger partial charge on any atom is 0.349 e. The molecule has 126 valence electrons. The average molecular weight is 334 g/mol. The van der Waals surface area contributed by atoms with Crippen LogP contribution in [-0.2, 0) is 14.4 Å². The molecule has 1 aromatic carbocycles. The first-order valence-electron chi connectivity index (χ1n) is 6.87. The normalized spacial score (nSPS) is 11.7. The number of hydrogen-bond donors (Lipinski definition) is 3. The number of rotatable bonds is 6. The number of carbonyl (C=O) groups is 3. The number of carboxylic acid groups (broad SMARTS) is 1. The Morgan fingerprint density at radius 3 is 2.71 bits per heavy atom. The molecule has 9 nitrogen and oxygen atoms in total. The Hall–Kier alpha value is -3.20. The molecule has 1 atom stereocenters. The highest BCUT2D eigenvalue weighted by Crippen LogP contribution is 2.12. The smallest absolute Gasteiger partial charge is 0.349 e. The number of amides is 2. The molecule has 9 heteroatoms. The molecule has 0 fully saturated rings. The van der Waals surface area contributed by atoms with Crippen molar-refractivity contribution in [2.75, 3.05) is 6.54 Å². The second-order valence-electron chi connectivity index (χ2n) is 4.79. The number of carboxylic acids is 1. The summed E-state index contributed by atoms with van der Waals surface area (Å²) in [5.41, 5.74) is 1.14. The number of hydrogen-bond acceptors (Lipinski definition) is 6. The molecule has 2 rings (SSSR count). The van der Waals surface area contributed by atoms with Crippen LogP contribution < -0.4 is 16.4 Å². The molecule has 2 amide bonds. The molecule has 0 aliphatic carbocycles. The maximum atomic E-state index is 12.0. The van der Waals surface area contributed by atoms with Gasteiger partial charge in [-0.15, -0.1) is 0 Å². The molecule has 1 aromatic heterocycles. The van der Waals surface area contributed by atoms with E-state index < -0.39 is 36.1 Å². The highest BCUT2D eigenvalue weighted by Gasteiger charge is 2.16. The van der Waals surface area contributed by atoms with Crippen molar-refractivity contribution in [1.82, 2.24) is 10.8 Å². The standard InChI is InChI=1S/C15H14N2O7/c1-8(14(20)21)24-17-12(18)7-16-13(19)10-6-9-4-2-3-5-11(9)23-15(10)22/h2-6,8H,7H2,1H3,(H,16,19)(H,17,18)(H,20,21).